The Kier molecular flexibility index (Phi) is 3.20. The molecular formula is C17H21N3O3. The highest BCUT2D eigenvalue weighted by Gasteiger charge is 2.65. The summed E-state index contributed by atoms with van der Waals surface area (Å²) in [6.07, 6.45) is 4.28. The monoisotopic (exact) mass is 315 g/mol. The summed E-state index contributed by atoms with van der Waals surface area (Å²) in [7, 11) is 0. The van der Waals surface area contributed by atoms with E-state index < -0.39 is 5.72 Å². The largest absolute Gasteiger partial charge is 0.351 e. The number of pyridine rings is 1. The Bertz CT molecular complexity index is 648. The zero-order valence-corrected chi connectivity index (χ0v) is 13.4. The van der Waals surface area contributed by atoms with Crippen LogP contribution in [0.1, 0.15) is 37.0 Å². The first-order valence-electron chi connectivity index (χ1n) is 8.22. The van der Waals surface area contributed by atoms with E-state index >= 15 is 0 Å². The number of carbonyl (C=O) groups is 2. The molecule has 0 radical (unpaired) electrons. The lowest BCUT2D eigenvalue weighted by molar-refractivity contribution is -0.139. The van der Waals surface area contributed by atoms with Gasteiger partial charge in [-0.3, -0.25) is 14.6 Å². The molecule has 0 aliphatic carbocycles. The standard InChI is InChI=1S/C17H21N3O3/c1-11(2)13-10-23-17-5-7-19(14(17)8-15(21)20(13)17)16(22)12-4-3-6-18-9-12/h3-4,6,9,11,13-14H,5,7-8,10H2,1-2H3/t13-,14+,17-/m0/s1. The van der Waals surface area contributed by atoms with Gasteiger partial charge in [0.05, 0.1) is 30.7 Å². The fourth-order valence-electron chi connectivity index (χ4n) is 4.27. The number of nitrogens with zero attached hydrogens (tertiary/aromatic N) is 3. The Morgan fingerprint density at radius 1 is 1.48 bits per heavy atom. The van der Waals surface area contributed by atoms with Crippen LogP contribution >= 0.6 is 0 Å². The summed E-state index contributed by atoms with van der Waals surface area (Å²) in [5.41, 5.74) is -0.0435. The molecule has 122 valence electrons. The van der Waals surface area contributed by atoms with E-state index in [9.17, 15) is 9.59 Å². The van der Waals surface area contributed by atoms with Gasteiger partial charge in [-0.05, 0) is 18.1 Å². The van der Waals surface area contributed by atoms with Gasteiger partial charge in [-0.2, -0.15) is 0 Å². The van der Waals surface area contributed by atoms with Crippen LogP contribution in [0.25, 0.3) is 0 Å². The van der Waals surface area contributed by atoms with Crippen LogP contribution in [0, 0.1) is 5.92 Å². The number of hydrogen-bond acceptors (Lipinski definition) is 4. The summed E-state index contributed by atoms with van der Waals surface area (Å²) in [6, 6.07) is 3.44. The second kappa shape index (κ2) is 5.03. The molecule has 6 nitrogen and oxygen atoms in total. The zero-order chi connectivity index (χ0) is 16.2. The molecule has 0 N–H and O–H groups in total. The minimum atomic E-state index is -0.607. The number of likely N-dealkylation sites (tertiary alicyclic amines) is 1. The quantitative estimate of drug-likeness (QED) is 0.825. The molecule has 4 heterocycles. The van der Waals surface area contributed by atoms with Crippen LogP contribution < -0.4 is 0 Å². The fraction of sp³-hybridized carbons (Fsp3) is 0.588. The van der Waals surface area contributed by atoms with E-state index in [1.807, 2.05) is 4.90 Å². The van der Waals surface area contributed by atoms with Crippen LogP contribution in [0.3, 0.4) is 0 Å². The molecule has 0 saturated carbocycles. The van der Waals surface area contributed by atoms with Crippen LogP contribution in [0.4, 0.5) is 0 Å². The molecule has 3 fully saturated rings. The summed E-state index contributed by atoms with van der Waals surface area (Å²) in [4.78, 5) is 33.1. The minimum Gasteiger partial charge on any atom is -0.351 e. The second-order valence-corrected chi connectivity index (χ2v) is 6.94. The molecule has 0 bridgehead atoms. The first-order valence-corrected chi connectivity index (χ1v) is 8.22. The summed E-state index contributed by atoms with van der Waals surface area (Å²) in [6.45, 7) is 5.41. The van der Waals surface area contributed by atoms with Crippen LogP contribution in [-0.2, 0) is 9.53 Å². The normalized spacial score (nSPS) is 32.6. The van der Waals surface area contributed by atoms with Crippen molar-refractivity contribution in [3.8, 4) is 0 Å². The van der Waals surface area contributed by atoms with Crippen LogP contribution in [-0.4, -0.2) is 57.6 Å². The minimum absolute atomic E-state index is 0.0637. The van der Waals surface area contributed by atoms with E-state index in [4.69, 9.17) is 4.74 Å². The molecule has 3 aliphatic rings. The van der Waals surface area contributed by atoms with Gasteiger partial charge < -0.3 is 14.5 Å². The van der Waals surface area contributed by atoms with E-state index in [-0.39, 0.29) is 23.9 Å². The number of ether oxygens (including phenoxy) is 1. The van der Waals surface area contributed by atoms with Gasteiger partial charge in [0.25, 0.3) is 5.91 Å². The van der Waals surface area contributed by atoms with Crippen LogP contribution in [0.15, 0.2) is 24.5 Å². The van der Waals surface area contributed by atoms with Gasteiger partial charge in [-0.1, -0.05) is 13.8 Å². The molecule has 0 aromatic carbocycles. The van der Waals surface area contributed by atoms with Crippen LogP contribution in [0.5, 0.6) is 0 Å². The van der Waals surface area contributed by atoms with Crippen molar-refractivity contribution in [2.75, 3.05) is 13.2 Å². The third-order valence-corrected chi connectivity index (χ3v) is 5.43. The Hall–Kier alpha value is -1.95. The highest BCUT2D eigenvalue weighted by atomic mass is 16.5. The van der Waals surface area contributed by atoms with E-state index in [0.29, 0.717) is 37.5 Å². The number of carbonyl (C=O) groups excluding carboxylic acids is 2. The Labute approximate surface area is 135 Å². The SMILES string of the molecule is CC(C)[C@@H]1CO[C@@]23CCN(C(=O)c4cccnc4)[C@@H]2CC(=O)N13. The predicted octanol–water partition coefficient (Wildman–Crippen LogP) is 1.28. The molecule has 1 aromatic heterocycles. The van der Waals surface area contributed by atoms with Gasteiger partial charge in [-0.15, -0.1) is 0 Å². The van der Waals surface area contributed by atoms with Crippen molar-refractivity contribution in [2.24, 2.45) is 5.92 Å². The molecule has 1 spiro atoms. The van der Waals surface area contributed by atoms with Gasteiger partial charge in [0, 0.05) is 25.4 Å². The highest BCUT2D eigenvalue weighted by molar-refractivity contribution is 5.95. The van der Waals surface area contributed by atoms with Gasteiger partial charge in [0.1, 0.15) is 0 Å². The average Bonchev–Trinajstić information content (AvgIpc) is 3.17. The number of rotatable bonds is 2. The molecule has 6 heteroatoms. The molecule has 23 heavy (non-hydrogen) atoms. The molecule has 3 saturated heterocycles. The van der Waals surface area contributed by atoms with E-state index in [1.54, 1.807) is 29.4 Å². The summed E-state index contributed by atoms with van der Waals surface area (Å²) in [5, 5.41) is 0. The smallest absolute Gasteiger partial charge is 0.255 e. The van der Waals surface area contributed by atoms with Crippen molar-refractivity contribution in [3.05, 3.63) is 30.1 Å². The van der Waals surface area contributed by atoms with Crippen molar-refractivity contribution in [3.63, 3.8) is 0 Å². The molecule has 3 atom stereocenters. The maximum atomic E-state index is 12.8. The third-order valence-electron chi connectivity index (χ3n) is 5.43. The first-order chi connectivity index (χ1) is 11.0. The third kappa shape index (κ3) is 1.94. The maximum Gasteiger partial charge on any atom is 0.255 e. The average molecular weight is 315 g/mol. The van der Waals surface area contributed by atoms with Gasteiger partial charge >= 0.3 is 0 Å². The topological polar surface area (TPSA) is 62.7 Å². The molecule has 2 amide bonds. The van der Waals surface area contributed by atoms with Gasteiger partial charge in [0.2, 0.25) is 5.91 Å². The Balaban J connectivity index is 1.65. The van der Waals surface area contributed by atoms with Crippen molar-refractivity contribution in [2.45, 2.75) is 44.5 Å². The fourth-order valence-corrected chi connectivity index (χ4v) is 4.27. The highest BCUT2D eigenvalue weighted by Crippen LogP contribution is 2.49. The molecular weight excluding hydrogens is 294 g/mol. The van der Waals surface area contributed by atoms with E-state index in [0.717, 1.165) is 0 Å². The lowest BCUT2D eigenvalue weighted by Gasteiger charge is -2.34. The molecule has 4 rings (SSSR count). The summed E-state index contributed by atoms with van der Waals surface area (Å²) >= 11 is 0. The molecule has 0 unspecified atom stereocenters. The molecule has 1 aromatic rings. The Morgan fingerprint density at radius 2 is 2.30 bits per heavy atom. The van der Waals surface area contributed by atoms with Crippen LogP contribution in [0.2, 0.25) is 0 Å². The second-order valence-electron chi connectivity index (χ2n) is 6.94. The summed E-state index contributed by atoms with van der Waals surface area (Å²) < 4.78 is 6.14. The Morgan fingerprint density at radius 3 is 3.00 bits per heavy atom. The predicted molar refractivity (Wildman–Crippen MR) is 82.5 cm³/mol. The maximum absolute atomic E-state index is 12.8. The zero-order valence-electron chi connectivity index (χ0n) is 13.4. The van der Waals surface area contributed by atoms with Crippen molar-refractivity contribution in [1.29, 1.82) is 0 Å². The lowest BCUT2D eigenvalue weighted by atomic mass is 10.0. The molecule has 3 aliphatic heterocycles. The first kappa shape index (κ1) is 14.6. The number of aromatic nitrogens is 1. The van der Waals surface area contributed by atoms with Gasteiger partial charge in [-0.25, -0.2) is 0 Å². The summed E-state index contributed by atoms with van der Waals surface area (Å²) in [5.74, 6) is 0.390. The van der Waals surface area contributed by atoms with Crippen molar-refractivity contribution < 1.29 is 14.3 Å². The van der Waals surface area contributed by atoms with Crippen molar-refractivity contribution in [1.82, 2.24) is 14.8 Å². The van der Waals surface area contributed by atoms with Crippen molar-refractivity contribution >= 4 is 11.8 Å². The van der Waals surface area contributed by atoms with Gasteiger partial charge in [0.15, 0.2) is 5.72 Å². The number of hydrogen-bond donors (Lipinski definition) is 0. The van der Waals surface area contributed by atoms with E-state index in [2.05, 4.69) is 18.8 Å². The van der Waals surface area contributed by atoms with E-state index in [1.165, 1.54) is 0 Å². The lowest BCUT2D eigenvalue weighted by Crippen LogP contribution is -2.51. The number of amides is 2.